The Morgan fingerprint density at radius 3 is 2.57 bits per heavy atom. The number of methoxy groups -OCH3 is 1. The van der Waals surface area contributed by atoms with Crippen molar-refractivity contribution in [1.82, 2.24) is 4.98 Å². The summed E-state index contributed by atoms with van der Waals surface area (Å²) in [6.45, 7) is 0.444. The van der Waals surface area contributed by atoms with Crippen LogP contribution in [0.4, 0.5) is 15.9 Å². The van der Waals surface area contributed by atoms with E-state index in [9.17, 15) is 14.0 Å². The quantitative estimate of drug-likeness (QED) is 0.636. The minimum Gasteiger partial charge on any atom is -0.465 e. The van der Waals surface area contributed by atoms with Crippen LogP contribution in [0.25, 0.3) is 0 Å². The Balaban J connectivity index is 1.66. The van der Waals surface area contributed by atoms with Gasteiger partial charge in [-0.25, -0.2) is 14.2 Å². The summed E-state index contributed by atoms with van der Waals surface area (Å²) in [5, 5.41) is 5.84. The molecule has 0 aliphatic rings. The van der Waals surface area contributed by atoms with Crippen LogP contribution < -0.4 is 10.6 Å². The van der Waals surface area contributed by atoms with E-state index in [1.807, 2.05) is 0 Å². The molecule has 28 heavy (non-hydrogen) atoms. The van der Waals surface area contributed by atoms with Gasteiger partial charge in [0.1, 0.15) is 11.6 Å². The van der Waals surface area contributed by atoms with Crippen molar-refractivity contribution >= 4 is 23.4 Å². The van der Waals surface area contributed by atoms with Crippen molar-refractivity contribution in [2.75, 3.05) is 17.7 Å². The Hall–Kier alpha value is -3.74. The highest BCUT2D eigenvalue weighted by Crippen LogP contribution is 2.15. The number of halogens is 1. The molecule has 1 amide bonds. The number of rotatable bonds is 6. The molecule has 0 bridgehead atoms. The van der Waals surface area contributed by atoms with Gasteiger partial charge in [-0.15, -0.1) is 0 Å². The number of nitrogens with one attached hydrogen (secondary N) is 2. The lowest BCUT2D eigenvalue weighted by Gasteiger charge is -2.09. The highest BCUT2D eigenvalue weighted by Gasteiger charge is 2.10. The second kappa shape index (κ2) is 8.77. The Morgan fingerprint density at radius 1 is 1.04 bits per heavy atom. The standard InChI is InChI=1S/C21H18FN3O3/c1-28-21(27)16-3-2-4-18(11-16)25-20(26)15-9-10-23-19(12-15)24-13-14-5-7-17(22)8-6-14/h2-12H,13H2,1H3,(H,23,24)(H,25,26). The minimum absolute atomic E-state index is 0.295. The highest BCUT2D eigenvalue weighted by atomic mass is 19.1. The normalized spacial score (nSPS) is 10.2. The third kappa shape index (κ3) is 4.91. The summed E-state index contributed by atoms with van der Waals surface area (Å²) in [6, 6.07) is 15.8. The van der Waals surface area contributed by atoms with Crippen LogP contribution in [0.5, 0.6) is 0 Å². The van der Waals surface area contributed by atoms with Gasteiger partial charge in [0.25, 0.3) is 5.91 Å². The molecule has 0 saturated carbocycles. The molecule has 0 fully saturated rings. The fourth-order valence-electron chi connectivity index (χ4n) is 2.51. The van der Waals surface area contributed by atoms with Gasteiger partial charge in [-0.3, -0.25) is 4.79 Å². The van der Waals surface area contributed by atoms with Crippen molar-refractivity contribution in [3.05, 3.63) is 89.4 Å². The highest BCUT2D eigenvalue weighted by molar-refractivity contribution is 6.05. The van der Waals surface area contributed by atoms with Crippen LogP contribution in [-0.4, -0.2) is 24.0 Å². The summed E-state index contributed by atoms with van der Waals surface area (Å²) in [6.07, 6.45) is 1.52. The van der Waals surface area contributed by atoms with Crippen LogP contribution in [0.1, 0.15) is 26.3 Å². The number of pyridine rings is 1. The molecule has 0 spiro atoms. The maximum absolute atomic E-state index is 13.0. The molecule has 0 aliphatic carbocycles. The Morgan fingerprint density at radius 2 is 1.82 bits per heavy atom. The van der Waals surface area contributed by atoms with Gasteiger partial charge < -0.3 is 15.4 Å². The van der Waals surface area contributed by atoms with E-state index in [0.29, 0.717) is 29.2 Å². The lowest BCUT2D eigenvalue weighted by molar-refractivity contribution is 0.0600. The maximum Gasteiger partial charge on any atom is 0.337 e. The lowest BCUT2D eigenvalue weighted by atomic mass is 10.2. The van der Waals surface area contributed by atoms with Gasteiger partial charge in [0.2, 0.25) is 0 Å². The number of aromatic nitrogens is 1. The number of anilines is 2. The first kappa shape index (κ1) is 19.0. The van der Waals surface area contributed by atoms with E-state index < -0.39 is 5.97 Å². The molecule has 1 aromatic heterocycles. The first-order valence-electron chi connectivity index (χ1n) is 8.49. The van der Waals surface area contributed by atoms with E-state index in [0.717, 1.165) is 5.56 Å². The third-order valence-corrected chi connectivity index (χ3v) is 3.95. The predicted octanol–water partition coefficient (Wildman–Crippen LogP) is 3.87. The van der Waals surface area contributed by atoms with E-state index >= 15 is 0 Å². The Kier molecular flexibility index (Phi) is 5.96. The van der Waals surface area contributed by atoms with Gasteiger partial charge in [0, 0.05) is 24.0 Å². The Labute approximate surface area is 161 Å². The molecule has 142 valence electrons. The summed E-state index contributed by atoms with van der Waals surface area (Å²) < 4.78 is 17.6. The summed E-state index contributed by atoms with van der Waals surface area (Å²) in [4.78, 5) is 28.3. The number of amides is 1. The largest absolute Gasteiger partial charge is 0.465 e. The molecule has 0 saturated heterocycles. The van der Waals surface area contributed by atoms with Gasteiger partial charge in [-0.2, -0.15) is 0 Å². The predicted molar refractivity (Wildman–Crippen MR) is 104 cm³/mol. The SMILES string of the molecule is COC(=O)c1cccc(NC(=O)c2ccnc(NCc3ccc(F)cc3)c2)c1. The second-order valence-electron chi connectivity index (χ2n) is 5.94. The first-order valence-corrected chi connectivity index (χ1v) is 8.49. The van der Waals surface area contributed by atoms with Crippen LogP contribution in [-0.2, 0) is 11.3 Å². The average molecular weight is 379 g/mol. The van der Waals surface area contributed by atoms with Crippen molar-refractivity contribution in [1.29, 1.82) is 0 Å². The van der Waals surface area contributed by atoms with Gasteiger partial charge in [0.05, 0.1) is 12.7 Å². The number of carbonyl (C=O) groups is 2. The van der Waals surface area contributed by atoms with Gasteiger partial charge in [-0.1, -0.05) is 18.2 Å². The number of carbonyl (C=O) groups excluding carboxylic acids is 2. The van der Waals surface area contributed by atoms with Crippen LogP contribution in [0.2, 0.25) is 0 Å². The first-order chi connectivity index (χ1) is 13.5. The third-order valence-electron chi connectivity index (χ3n) is 3.95. The molecule has 3 aromatic rings. The molecular formula is C21H18FN3O3. The van der Waals surface area contributed by atoms with Crippen LogP contribution in [0.15, 0.2) is 66.9 Å². The summed E-state index contributed by atoms with van der Waals surface area (Å²) in [7, 11) is 1.30. The zero-order valence-corrected chi connectivity index (χ0v) is 15.1. The summed E-state index contributed by atoms with van der Waals surface area (Å²) >= 11 is 0. The number of benzene rings is 2. The molecule has 2 N–H and O–H groups in total. The minimum atomic E-state index is -0.479. The van der Waals surface area contributed by atoms with Crippen molar-refractivity contribution in [2.45, 2.75) is 6.54 Å². The monoisotopic (exact) mass is 379 g/mol. The fraction of sp³-hybridized carbons (Fsp3) is 0.0952. The molecule has 3 rings (SSSR count). The molecule has 7 heteroatoms. The molecule has 0 atom stereocenters. The number of nitrogens with zero attached hydrogens (tertiary/aromatic N) is 1. The van der Waals surface area contributed by atoms with Crippen LogP contribution >= 0.6 is 0 Å². The maximum atomic E-state index is 13.0. The number of esters is 1. The van der Waals surface area contributed by atoms with E-state index in [2.05, 4.69) is 20.4 Å². The van der Waals surface area contributed by atoms with E-state index in [4.69, 9.17) is 0 Å². The number of hydrogen-bond donors (Lipinski definition) is 2. The fourth-order valence-corrected chi connectivity index (χ4v) is 2.51. The van der Waals surface area contributed by atoms with Gasteiger partial charge in [0.15, 0.2) is 0 Å². The summed E-state index contributed by atoms with van der Waals surface area (Å²) in [5.74, 6) is -0.598. The smallest absolute Gasteiger partial charge is 0.337 e. The topological polar surface area (TPSA) is 80.3 Å². The molecular weight excluding hydrogens is 361 g/mol. The lowest BCUT2D eigenvalue weighted by Crippen LogP contribution is -2.13. The van der Waals surface area contributed by atoms with Crippen LogP contribution in [0, 0.1) is 5.82 Å². The molecule has 6 nitrogen and oxygen atoms in total. The molecule has 0 radical (unpaired) electrons. The van der Waals surface area contributed by atoms with E-state index in [-0.39, 0.29) is 11.7 Å². The average Bonchev–Trinajstić information content (AvgIpc) is 2.73. The summed E-state index contributed by atoms with van der Waals surface area (Å²) in [5.41, 5.74) is 2.11. The number of hydrogen-bond acceptors (Lipinski definition) is 5. The van der Waals surface area contributed by atoms with Gasteiger partial charge in [-0.05, 0) is 48.0 Å². The van der Waals surface area contributed by atoms with Crippen LogP contribution in [0.3, 0.4) is 0 Å². The van der Waals surface area contributed by atoms with Crippen molar-refractivity contribution in [3.8, 4) is 0 Å². The molecule has 1 heterocycles. The Bertz CT molecular complexity index is 990. The second-order valence-corrected chi connectivity index (χ2v) is 5.94. The van der Waals surface area contributed by atoms with E-state index in [1.165, 1.54) is 25.4 Å². The van der Waals surface area contributed by atoms with Crippen molar-refractivity contribution in [3.63, 3.8) is 0 Å². The molecule has 0 unspecified atom stereocenters. The van der Waals surface area contributed by atoms with E-state index in [1.54, 1.807) is 48.5 Å². The molecule has 2 aromatic carbocycles. The number of ether oxygens (including phenoxy) is 1. The van der Waals surface area contributed by atoms with Gasteiger partial charge >= 0.3 is 5.97 Å². The van der Waals surface area contributed by atoms with Crippen molar-refractivity contribution < 1.29 is 18.7 Å². The molecule has 0 aliphatic heterocycles. The zero-order chi connectivity index (χ0) is 19.9. The zero-order valence-electron chi connectivity index (χ0n) is 15.1. The van der Waals surface area contributed by atoms with Crippen molar-refractivity contribution in [2.24, 2.45) is 0 Å².